The van der Waals surface area contributed by atoms with Crippen molar-refractivity contribution in [2.24, 2.45) is 0 Å². The summed E-state index contributed by atoms with van der Waals surface area (Å²) in [5.74, 6) is 0.919. The zero-order chi connectivity index (χ0) is 14.9. The van der Waals surface area contributed by atoms with Gasteiger partial charge < -0.3 is 9.47 Å². The van der Waals surface area contributed by atoms with Crippen molar-refractivity contribution in [2.75, 3.05) is 13.2 Å². The number of hydrogen-bond acceptors (Lipinski definition) is 6. The van der Waals surface area contributed by atoms with E-state index in [1.165, 1.54) is 5.56 Å². The predicted molar refractivity (Wildman–Crippen MR) is 69.8 cm³/mol. The minimum atomic E-state index is 0.683. The average Bonchev–Trinajstić information content (AvgIpc) is 2.40. The fourth-order valence-corrected chi connectivity index (χ4v) is 1.07. The van der Waals surface area contributed by atoms with Crippen LogP contribution in [0.4, 0.5) is 0 Å². The van der Waals surface area contributed by atoms with Crippen LogP contribution in [0.2, 0.25) is 0 Å². The van der Waals surface area contributed by atoms with E-state index >= 15 is 0 Å². The Morgan fingerprint density at radius 2 is 1.47 bits per heavy atom. The molecule has 0 spiro atoms. The van der Waals surface area contributed by atoms with Crippen molar-refractivity contribution in [3.05, 3.63) is 29.8 Å². The minimum absolute atomic E-state index is 0.683. The van der Waals surface area contributed by atoms with Crippen LogP contribution in [-0.2, 0) is 20.9 Å². The van der Waals surface area contributed by atoms with Crippen LogP contribution >= 0.6 is 0 Å². The Morgan fingerprint density at radius 1 is 1.00 bits per heavy atom. The van der Waals surface area contributed by atoms with Crippen molar-refractivity contribution in [2.45, 2.75) is 20.5 Å². The third-order valence-corrected chi connectivity index (χ3v) is 1.71. The van der Waals surface area contributed by atoms with Crippen LogP contribution in [0.25, 0.3) is 0 Å². The summed E-state index contributed by atoms with van der Waals surface area (Å²) in [6.07, 6.45) is 1.50. The lowest BCUT2D eigenvalue weighted by Gasteiger charge is -2.04. The Labute approximate surface area is 112 Å². The number of carbonyl (C=O) groups excluding carboxylic acids is 2. The van der Waals surface area contributed by atoms with Crippen molar-refractivity contribution in [1.82, 2.24) is 0 Å². The maximum Gasteiger partial charge on any atom is 0.231 e. The number of isocyanates is 2. The molecule has 104 valence electrons. The van der Waals surface area contributed by atoms with E-state index in [4.69, 9.17) is 29.9 Å². The zero-order valence-corrected chi connectivity index (χ0v) is 11.1. The molecule has 19 heavy (non-hydrogen) atoms. The standard InChI is InChI=1S/C11H16O2.2CHNO/c1-3-12-9-10-5-7-11(8-6-10)13-4-2;2*2-1-3/h5-8H,3-4,9H2,1-2H3;2*2H. The summed E-state index contributed by atoms with van der Waals surface area (Å²) < 4.78 is 10.6. The van der Waals surface area contributed by atoms with E-state index in [9.17, 15) is 0 Å². The molecule has 0 aliphatic rings. The van der Waals surface area contributed by atoms with E-state index in [1.54, 1.807) is 0 Å². The second kappa shape index (κ2) is 15.7. The number of hydrogen-bond donors (Lipinski definition) is 2. The quantitative estimate of drug-likeness (QED) is 0.631. The SMILES string of the molecule is CCOCc1ccc(OCC)cc1.N=C=O.N=C=O. The molecule has 6 heteroatoms. The summed E-state index contributed by atoms with van der Waals surface area (Å²) in [4.78, 5) is 16.7. The summed E-state index contributed by atoms with van der Waals surface area (Å²) in [6, 6.07) is 8.00. The summed E-state index contributed by atoms with van der Waals surface area (Å²) in [6.45, 7) is 6.13. The minimum Gasteiger partial charge on any atom is -0.494 e. The Bertz CT molecular complexity index is 366. The molecule has 1 aromatic carbocycles. The van der Waals surface area contributed by atoms with E-state index in [1.807, 2.05) is 38.1 Å². The molecule has 0 saturated heterocycles. The highest BCUT2D eigenvalue weighted by atomic mass is 16.5. The first-order chi connectivity index (χ1) is 9.19. The molecule has 0 aliphatic heterocycles. The van der Waals surface area contributed by atoms with Crippen LogP contribution < -0.4 is 4.74 Å². The van der Waals surface area contributed by atoms with Gasteiger partial charge in [-0.2, -0.15) is 0 Å². The van der Waals surface area contributed by atoms with Gasteiger partial charge in [-0.15, -0.1) is 0 Å². The largest absolute Gasteiger partial charge is 0.494 e. The van der Waals surface area contributed by atoms with Crippen LogP contribution in [0, 0.1) is 10.8 Å². The number of benzene rings is 1. The summed E-state index contributed by atoms with van der Waals surface area (Å²) in [7, 11) is 0. The number of ether oxygens (including phenoxy) is 2. The fraction of sp³-hybridized carbons (Fsp3) is 0.385. The Hall–Kier alpha value is -2.26. The Morgan fingerprint density at radius 3 is 1.84 bits per heavy atom. The van der Waals surface area contributed by atoms with E-state index in [2.05, 4.69) is 0 Å². The highest BCUT2D eigenvalue weighted by Crippen LogP contribution is 2.12. The molecule has 0 amide bonds. The van der Waals surface area contributed by atoms with E-state index in [-0.39, 0.29) is 0 Å². The Kier molecular flexibility index (Phi) is 15.8. The molecule has 0 saturated carbocycles. The molecular weight excluding hydrogens is 248 g/mol. The highest BCUT2D eigenvalue weighted by Gasteiger charge is 1.93. The molecule has 0 aromatic heterocycles. The average molecular weight is 266 g/mol. The normalized spacial score (nSPS) is 7.68. The molecule has 0 heterocycles. The van der Waals surface area contributed by atoms with Gasteiger partial charge in [0, 0.05) is 6.61 Å². The van der Waals surface area contributed by atoms with Crippen molar-refractivity contribution < 1.29 is 19.1 Å². The molecule has 2 N–H and O–H groups in total. The van der Waals surface area contributed by atoms with Gasteiger partial charge in [0.25, 0.3) is 0 Å². The molecule has 1 aromatic rings. The van der Waals surface area contributed by atoms with Gasteiger partial charge in [0.2, 0.25) is 12.2 Å². The molecular formula is C13H18N2O4. The van der Waals surface area contributed by atoms with Crippen LogP contribution in [-0.4, -0.2) is 25.4 Å². The van der Waals surface area contributed by atoms with Gasteiger partial charge in [-0.25, -0.2) is 20.4 Å². The van der Waals surface area contributed by atoms with Gasteiger partial charge in [-0.1, -0.05) is 12.1 Å². The summed E-state index contributed by atoms with van der Waals surface area (Å²) in [5, 5.41) is 10.8. The summed E-state index contributed by atoms with van der Waals surface area (Å²) >= 11 is 0. The zero-order valence-electron chi connectivity index (χ0n) is 11.1. The molecule has 0 radical (unpaired) electrons. The van der Waals surface area contributed by atoms with Gasteiger partial charge in [0.1, 0.15) is 5.75 Å². The van der Waals surface area contributed by atoms with Gasteiger partial charge in [-0.05, 0) is 31.5 Å². The molecule has 0 fully saturated rings. The maximum absolute atomic E-state index is 8.35. The predicted octanol–water partition coefficient (Wildman–Crippen LogP) is 2.42. The monoisotopic (exact) mass is 266 g/mol. The third-order valence-electron chi connectivity index (χ3n) is 1.71. The first kappa shape index (κ1) is 19.1. The smallest absolute Gasteiger partial charge is 0.231 e. The molecule has 1 rings (SSSR count). The van der Waals surface area contributed by atoms with Crippen LogP contribution in [0.5, 0.6) is 5.75 Å². The van der Waals surface area contributed by atoms with Crippen LogP contribution in [0.3, 0.4) is 0 Å². The molecule has 0 atom stereocenters. The maximum atomic E-state index is 8.35. The first-order valence-electron chi connectivity index (χ1n) is 5.57. The van der Waals surface area contributed by atoms with Crippen molar-refractivity contribution in [3.8, 4) is 5.75 Å². The van der Waals surface area contributed by atoms with Gasteiger partial charge in [-0.3, -0.25) is 0 Å². The van der Waals surface area contributed by atoms with Gasteiger partial charge >= 0.3 is 0 Å². The fourth-order valence-electron chi connectivity index (χ4n) is 1.07. The lowest BCUT2D eigenvalue weighted by molar-refractivity contribution is 0.134. The van der Waals surface area contributed by atoms with Crippen molar-refractivity contribution in [3.63, 3.8) is 0 Å². The highest BCUT2D eigenvalue weighted by molar-refractivity contribution is 5.27. The third kappa shape index (κ3) is 13.7. The first-order valence-corrected chi connectivity index (χ1v) is 5.57. The molecule has 0 bridgehead atoms. The summed E-state index contributed by atoms with van der Waals surface area (Å²) in [5.41, 5.74) is 1.19. The molecule has 6 nitrogen and oxygen atoms in total. The van der Waals surface area contributed by atoms with Gasteiger partial charge in [0.05, 0.1) is 13.2 Å². The topological polar surface area (TPSA) is 100 Å². The van der Waals surface area contributed by atoms with E-state index in [0.717, 1.165) is 24.5 Å². The molecule has 0 aliphatic carbocycles. The second-order valence-electron chi connectivity index (χ2n) is 2.92. The van der Waals surface area contributed by atoms with Crippen molar-refractivity contribution in [1.29, 1.82) is 10.8 Å². The lowest BCUT2D eigenvalue weighted by Crippen LogP contribution is -1.93. The molecule has 0 unspecified atom stereocenters. The van der Waals surface area contributed by atoms with Gasteiger partial charge in [0.15, 0.2) is 0 Å². The second-order valence-corrected chi connectivity index (χ2v) is 2.92. The van der Waals surface area contributed by atoms with Crippen LogP contribution in [0.1, 0.15) is 19.4 Å². The number of rotatable bonds is 5. The number of nitrogens with one attached hydrogen (secondary N) is 2. The van der Waals surface area contributed by atoms with Crippen molar-refractivity contribution >= 4 is 12.2 Å². The van der Waals surface area contributed by atoms with E-state index in [0.29, 0.717) is 13.2 Å². The van der Waals surface area contributed by atoms with Crippen LogP contribution in [0.15, 0.2) is 24.3 Å². The van der Waals surface area contributed by atoms with E-state index < -0.39 is 0 Å². The lowest BCUT2D eigenvalue weighted by atomic mass is 10.2. The Balaban J connectivity index is 0.